The summed E-state index contributed by atoms with van der Waals surface area (Å²) in [6, 6.07) is 6.51. The standard InChI is InChI=1S/C15H13ClN6O3S/c1-9-4-3-5-11(16)13(9)21-26(24,25)15-19-10(2)6-12(20-15)14-17-7-18-22(14)8-23/h3-8,21H,1-2H3. The summed E-state index contributed by atoms with van der Waals surface area (Å²) in [4.78, 5) is 22.9. The fraction of sp³-hybridized carbons (Fsp3) is 0.133. The predicted octanol–water partition coefficient (Wildman–Crippen LogP) is 1.84. The number of hydrogen-bond acceptors (Lipinski definition) is 7. The monoisotopic (exact) mass is 392 g/mol. The fourth-order valence-electron chi connectivity index (χ4n) is 2.23. The van der Waals surface area contributed by atoms with E-state index in [4.69, 9.17) is 11.6 Å². The third-order valence-corrected chi connectivity index (χ3v) is 4.89. The SMILES string of the molecule is Cc1cc(-c2ncnn2C=O)nc(S(=O)(=O)Nc2c(C)cccc2Cl)n1. The molecule has 0 aliphatic heterocycles. The quantitative estimate of drug-likeness (QED) is 0.519. The van der Waals surface area contributed by atoms with Gasteiger partial charge in [-0.05, 0) is 31.5 Å². The van der Waals surface area contributed by atoms with Crippen molar-refractivity contribution in [3.63, 3.8) is 0 Å². The van der Waals surface area contributed by atoms with Crippen molar-refractivity contribution in [2.75, 3.05) is 4.72 Å². The molecule has 3 aromatic rings. The first-order chi connectivity index (χ1) is 12.3. The molecule has 0 fully saturated rings. The first kappa shape index (κ1) is 18.0. The molecule has 0 atom stereocenters. The Hall–Kier alpha value is -2.85. The summed E-state index contributed by atoms with van der Waals surface area (Å²) in [5, 5.41) is 3.50. The number of carbonyl (C=O) groups excluding carboxylic acids is 1. The molecule has 134 valence electrons. The molecule has 1 aromatic carbocycles. The normalized spacial score (nSPS) is 11.3. The highest BCUT2D eigenvalue weighted by Gasteiger charge is 2.23. The average molecular weight is 393 g/mol. The Morgan fingerprint density at radius 1 is 1.23 bits per heavy atom. The molecule has 26 heavy (non-hydrogen) atoms. The molecule has 0 amide bonds. The van der Waals surface area contributed by atoms with Gasteiger partial charge in [-0.15, -0.1) is 0 Å². The number of para-hydroxylation sites is 1. The molecular weight excluding hydrogens is 380 g/mol. The molecule has 0 radical (unpaired) electrons. The van der Waals surface area contributed by atoms with Gasteiger partial charge < -0.3 is 0 Å². The second-order valence-corrected chi connectivity index (χ2v) is 7.33. The predicted molar refractivity (Wildman–Crippen MR) is 94.9 cm³/mol. The lowest BCUT2D eigenvalue weighted by molar-refractivity contribution is 0.541. The number of hydrogen-bond donors (Lipinski definition) is 1. The number of carbonyl (C=O) groups is 1. The van der Waals surface area contributed by atoms with E-state index in [-0.39, 0.29) is 22.2 Å². The number of nitrogens with zero attached hydrogens (tertiary/aromatic N) is 5. The van der Waals surface area contributed by atoms with Crippen LogP contribution in [0.4, 0.5) is 5.69 Å². The van der Waals surface area contributed by atoms with E-state index in [1.165, 1.54) is 12.4 Å². The van der Waals surface area contributed by atoms with E-state index in [2.05, 4.69) is 24.8 Å². The number of aryl methyl sites for hydroxylation is 2. The number of nitrogens with one attached hydrogen (secondary N) is 1. The Bertz CT molecular complexity index is 1080. The Morgan fingerprint density at radius 2 is 2.00 bits per heavy atom. The van der Waals surface area contributed by atoms with Gasteiger partial charge in [0.1, 0.15) is 12.0 Å². The highest BCUT2D eigenvalue weighted by molar-refractivity contribution is 7.92. The van der Waals surface area contributed by atoms with Crippen molar-refractivity contribution in [2.24, 2.45) is 0 Å². The minimum atomic E-state index is -4.12. The zero-order chi connectivity index (χ0) is 18.9. The Labute approximate surface area is 154 Å². The topological polar surface area (TPSA) is 120 Å². The lowest BCUT2D eigenvalue weighted by Crippen LogP contribution is -2.18. The number of rotatable bonds is 5. The summed E-state index contributed by atoms with van der Waals surface area (Å²) in [5.74, 6) is 0.107. The summed E-state index contributed by atoms with van der Waals surface area (Å²) in [6.45, 7) is 3.32. The molecule has 2 heterocycles. The second kappa shape index (κ2) is 6.81. The van der Waals surface area contributed by atoms with Crippen molar-refractivity contribution in [1.29, 1.82) is 0 Å². The van der Waals surface area contributed by atoms with Crippen LogP contribution in [0.25, 0.3) is 11.5 Å². The maximum atomic E-state index is 12.7. The van der Waals surface area contributed by atoms with E-state index in [9.17, 15) is 13.2 Å². The maximum absolute atomic E-state index is 12.7. The number of sulfonamides is 1. The van der Waals surface area contributed by atoms with Crippen LogP contribution in [0.2, 0.25) is 5.02 Å². The molecule has 0 saturated heterocycles. The summed E-state index contributed by atoms with van der Waals surface area (Å²) in [5.41, 5.74) is 1.43. The molecule has 11 heteroatoms. The average Bonchev–Trinajstić information content (AvgIpc) is 3.06. The van der Waals surface area contributed by atoms with Crippen LogP contribution < -0.4 is 4.72 Å². The van der Waals surface area contributed by atoms with Gasteiger partial charge in [-0.25, -0.2) is 15.0 Å². The van der Waals surface area contributed by atoms with Gasteiger partial charge in [0.2, 0.25) is 6.41 Å². The summed E-state index contributed by atoms with van der Waals surface area (Å²) < 4.78 is 28.8. The van der Waals surface area contributed by atoms with E-state index in [0.29, 0.717) is 17.7 Å². The van der Waals surface area contributed by atoms with Crippen LogP contribution in [0.1, 0.15) is 11.3 Å². The summed E-state index contributed by atoms with van der Waals surface area (Å²) >= 11 is 6.08. The van der Waals surface area contributed by atoms with Gasteiger partial charge in [0.25, 0.3) is 15.2 Å². The van der Waals surface area contributed by atoms with E-state index < -0.39 is 15.2 Å². The molecule has 2 aromatic heterocycles. The highest BCUT2D eigenvalue weighted by atomic mass is 35.5. The minimum absolute atomic E-state index is 0.107. The van der Waals surface area contributed by atoms with Gasteiger partial charge in [0.15, 0.2) is 5.82 Å². The van der Waals surface area contributed by atoms with Gasteiger partial charge in [-0.1, -0.05) is 23.7 Å². The minimum Gasteiger partial charge on any atom is -0.276 e. The van der Waals surface area contributed by atoms with Gasteiger partial charge in [-0.2, -0.15) is 18.2 Å². The van der Waals surface area contributed by atoms with Crippen LogP contribution in [0.3, 0.4) is 0 Å². The van der Waals surface area contributed by atoms with Crippen molar-refractivity contribution in [2.45, 2.75) is 19.0 Å². The third-order valence-electron chi connectivity index (χ3n) is 3.43. The molecule has 3 rings (SSSR count). The first-order valence-corrected chi connectivity index (χ1v) is 9.16. The molecule has 0 aliphatic rings. The van der Waals surface area contributed by atoms with Crippen LogP contribution in [-0.4, -0.2) is 39.6 Å². The van der Waals surface area contributed by atoms with E-state index >= 15 is 0 Å². The number of aromatic nitrogens is 5. The molecule has 9 nitrogen and oxygen atoms in total. The van der Waals surface area contributed by atoms with Gasteiger partial charge >= 0.3 is 0 Å². The summed E-state index contributed by atoms with van der Waals surface area (Å²) in [7, 11) is -4.12. The molecule has 1 N–H and O–H groups in total. The van der Waals surface area contributed by atoms with Crippen LogP contribution in [0.15, 0.2) is 35.7 Å². The van der Waals surface area contributed by atoms with Crippen LogP contribution in [0.5, 0.6) is 0 Å². The lowest BCUT2D eigenvalue weighted by Gasteiger charge is -2.12. The Morgan fingerprint density at radius 3 is 2.69 bits per heavy atom. The van der Waals surface area contributed by atoms with E-state index in [1.54, 1.807) is 32.0 Å². The van der Waals surface area contributed by atoms with Gasteiger partial charge in [0, 0.05) is 5.69 Å². The van der Waals surface area contributed by atoms with Crippen LogP contribution in [-0.2, 0) is 14.8 Å². The number of halogens is 1. The molecular formula is C15H13ClN6O3S. The van der Waals surface area contributed by atoms with Gasteiger partial charge in [0.05, 0.1) is 10.7 Å². The Balaban J connectivity index is 2.07. The van der Waals surface area contributed by atoms with Crippen LogP contribution >= 0.6 is 11.6 Å². The molecule has 0 bridgehead atoms. The van der Waals surface area contributed by atoms with Crippen molar-refractivity contribution < 1.29 is 13.2 Å². The highest BCUT2D eigenvalue weighted by Crippen LogP contribution is 2.27. The van der Waals surface area contributed by atoms with E-state index in [0.717, 1.165) is 4.68 Å². The fourth-order valence-corrected chi connectivity index (χ4v) is 3.67. The molecule has 0 spiro atoms. The molecule has 0 saturated carbocycles. The second-order valence-electron chi connectivity index (χ2n) is 5.35. The van der Waals surface area contributed by atoms with Crippen molar-refractivity contribution >= 4 is 33.7 Å². The van der Waals surface area contributed by atoms with Gasteiger partial charge in [-0.3, -0.25) is 9.52 Å². The smallest absolute Gasteiger partial charge is 0.276 e. The zero-order valence-electron chi connectivity index (χ0n) is 13.7. The molecule has 0 unspecified atom stereocenters. The summed E-state index contributed by atoms with van der Waals surface area (Å²) in [6.07, 6.45) is 1.61. The third kappa shape index (κ3) is 3.41. The van der Waals surface area contributed by atoms with Crippen molar-refractivity contribution in [3.05, 3.63) is 46.9 Å². The van der Waals surface area contributed by atoms with Crippen LogP contribution in [0, 0.1) is 13.8 Å². The number of benzene rings is 1. The molecule has 0 aliphatic carbocycles. The van der Waals surface area contributed by atoms with E-state index in [1.807, 2.05) is 0 Å². The largest absolute Gasteiger partial charge is 0.297 e. The lowest BCUT2D eigenvalue weighted by atomic mass is 10.2. The van der Waals surface area contributed by atoms with Crippen molar-refractivity contribution in [1.82, 2.24) is 24.7 Å². The zero-order valence-corrected chi connectivity index (χ0v) is 15.3. The first-order valence-electron chi connectivity index (χ1n) is 7.30. The maximum Gasteiger partial charge on any atom is 0.297 e. The number of anilines is 1. The Kier molecular flexibility index (Phi) is 4.70. The van der Waals surface area contributed by atoms with Crippen molar-refractivity contribution in [3.8, 4) is 11.5 Å².